The molecule has 0 bridgehead atoms. The van der Waals surface area contributed by atoms with Gasteiger partial charge in [-0.15, -0.1) is 0 Å². The maximum absolute atomic E-state index is 7.75. The van der Waals surface area contributed by atoms with Gasteiger partial charge in [0, 0.05) is 5.56 Å². The van der Waals surface area contributed by atoms with Gasteiger partial charge in [0.15, 0.2) is 0 Å². The van der Waals surface area contributed by atoms with Crippen LogP contribution in [0.15, 0.2) is 24.3 Å². The topological polar surface area (TPSA) is 56.9 Å². The highest BCUT2D eigenvalue weighted by atomic mass is 32.2. The quantitative estimate of drug-likeness (QED) is 0.580. The molecule has 1 aromatic carbocycles. The molecule has 0 amide bonds. The largest absolute Gasteiger partial charge is 0.496 e. The minimum atomic E-state index is 0.343. The Kier molecular flexibility index (Phi) is 3.71. The molecule has 0 aromatic heterocycles. The molecule has 0 aliphatic rings. The first-order valence-corrected chi connectivity index (χ1v) is 4.91. The molecule has 0 fully saturated rings. The minimum Gasteiger partial charge on any atom is -0.496 e. The molecule has 74 valence electrons. The van der Waals surface area contributed by atoms with Crippen LogP contribution in [0.25, 0.3) is 0 Å². The molecule has 0 saturated carbocycles. The highest BCUT2D eigenvalue weighted by Crippen LogP contribution is 2.22. The fraction of sp³-hybridized carbons (Fsp3) is 0.200. The minimum absolute atomic E-state index is 0.343. The van der Waals surface area contributed by atoms with Gasteiger partial charge in [0.25, 0.3) is 0 Å². The molecule has 0 aliphatic heterocycles. The highest BCUT2D eigenvalue weighted by molar-refractivity contribution is 8.26. The number of hydrogen-bond donors (Lipinski definition) is 2. The van der Waals surface area contributed by atoms with E-state index in [0.717, 1.165) is 17.3 Å². The van der Waals surface area contributed by atoms with Crippen molar-refractivity contribution in [1.82, 2.24) is 0 Å². The van der Waals surface area contributed by atoms with Gasteiger partial charge in [-0.05, 0) is 19.1 Å². The molecule has 2 N–H and O–H groups in total. The van der Waals surface area contributed by atoms with Gasteiger partial charge >= 0.3 is 0 Å². The number of benzene rings is 1. The molecule has 1 aromatic rings. The second-order valence-electron chi connectivity index (χ2n) is 2.69. The smallest absolute Gasteiger partial charge is 0.128 e. The van der Waals surface area contributed by atoms with Gasteiger partial charge in [-0.1, -0.05) is 23.9 Å². The van der Waals surface area contributed by atoms with Crippen LogP contribution in [0.3, 0.4) is 0 Å². The lowest BCUT2D eigenvalue weighted by Crippen LogP contribution is -1.99. The predicted molar refractivity (Wildman–Crippen MR) is 60.8 cm³/mol. The van der Waals surface area contributed by atoms with Gasteiger partial charge in [0.05, 0.1) is 12.2 Å². The van der Waals surface area contributed by atoms with Crippen LogP contribution in [0, 0.1) is 10.8 Å². The third-order valence-electron chi connectivity index (χ3n) is 1.61. The summed E-state index contributed by atoms with van der Waals surface area (Å²) in [5.74, 6) is 0.672. The fourth-order valence-electron chi connectivity index (χ4n) is 1.04. The number of rotatable bonds is 2. The zero-order valence-corrected chi connectivity index (χ0v) is 8.94. The zero-order valence-electron chi connectivity index (χ0n) is 8.13. The average Bonchev–Trinajstić information content (AvgIpc) is 2.16. The molecule has 0 spiro atoms. The van der Waals surface area contributed by atoms with E-state index in [1.165, 1.54) is 0 Å². The van der Waals surface area contributed by atoms with Crippen LogP contribution in [0.5, 0.6) is 5.75 Å². The third-order valence-corrected chi connectivity index (χ3v) is 2.34. The molecule has 0 radical (unpaired) electrons. The van der Waals surface area contributed by atoms with Crippen LogP contribution in [0.1, 0.15) is 12.5 Å². The van der Waals surface area contributed by atoms with Crippen molar-refractivity contribution in [3.8, 4) is 5.75 Å². The van der Waals surface area contributed by atoms with Gasteiger partial charge in [0.1, 0.15) is 10.8 Å². The first kappa shape index (κ1) is 10.8. The number of hydrogen-bond acceptors (Lipinski definition) is 4. The van der Waals surface area contributed by atoms with Crippen LogP contribution in [0.2, 0.25) is 0 Å². The molecule has 14 heavy (non-hydrogen) atoms. The van der Waals surface area contributed by atoms with E-state index in [-0.39, 0.29) is 0 Å². The Morgan fingerprint density at radius 1 is 1.29 bits per heavy atom. The Labute approximate surface area is 87.5 Å². The maximum Gasteiger partial charge on any atom is 0.128 e. The van der Waals surface area contributed by atoms with Crippen LogP contribution in [0.4, 0.5) is 0 Å². The summed E-state index contributed by atoms with van der Waals surface area (Å²) in [7, 11) is 1.58. The summed E-state index contributed by atoms with van der Waals surface area (Å²) in [6.45, 7) is 1.66. The molecule has 1 rings (SSSR count). The summed E-state index contributed by atoms with van der Waals surface area (Å²) >= 11 is 1.12. The maximum atomic E-state index is 7.75. The Morgan fingerprint density at radius 2 is 1.93 bits per heavy atom. The molecular formula is C10H12N2OS. The van der Waals surface area contributed by atoms with Crippen LogP contribution < -0.4 is 4.74 Å². The van der Waals surface area contributed by atoms with E-state index < -0.39 is 0 Å². The second-order valence-corrected chi connectivity index (χ2v) is 3.91. The van der Waals surface area contributed by atoms with Crippen molar-refractivity contribution in [2.45, 2.75) is 6.92 Å². The van der Waals surface area contributed by atoms with E-state index in [1.54, 1.807) is 14.0 Å². The normalized spacial score (nSPS) is 9.57. The summed E-state index contributed by atoms with van der Waals surface area (Å²) in [5, 5.41) is 15.8. The highest BCUT2D eigenvalue weighted by Gasteiger charge is 2.08. The first-order valence-electron chi connectivity index (χ1n) is 4.10. The van der Waals surface area contributed by atoms with Crippen molar-refractivity contribution < 1.29 is 4.74 Å². The van der Waals surface area contributed by atoms with Gasteiger partial charge in [-0.25, -0.2) is 0 Å². The van der Waals surface area contributed by atoms with E-state index in [4.69, 9.17) is 15.6 Å². The van der Waals surface area contributed by atoms with Gasteiger partial charge in [-0.2, -0.15) is 0 Å². The van der Waals surface area contributed by atoms with Crippen LogP contribution in [-0.4, -0.2) is 17.2 Å². The lowest BCUT2D eigenvalue weighted by molar-refractivity contribution is 0.414. The Balaban J connectivity index is 2.94. The van der Waals surface area contributed by atoms with Crippen LogP contribution >= 0.6 is 11.8 Å². The van der Waals surface area contributed by atoms with E-state index in [0.29, 0.717) is 15.8 Å². The monoisotopic (exact) mass is 208 g/mol. The lowest BCUT2D eigenvalue weighted by Gasteiger charge is -2.07. The van der Waals surface area contributed by atoms with Crippen molar-refractivity contribution in [2.24, 2.45) is 0 Å². The molecule has 3 nitrogen and oxygen atoms in total. The summed E-state index contributed by atoms with van der Waals surface area (Å²) in [4.78, 5) is 0. The second kappa shape index (κ2) is 4.81. The number of para-hydroxylation sites is 1. The first-order chi connectivity index (χ1) is 6.65. The summed E-state index contributed by atoms with van der Waals surface area (Å²) in [6, 6.07) is 7.34. The molecule has 0 unspecified atom stereocenters. The Hall–Kier alpha value is -1.29. The van der Waals surface area contributed by atoms with Crippen molar-refractivity contribution in [1.29, 1.82) is 10.8 Å². The van der Waals surface area contributed by atoms with Gasteiger partial charge in [-0.3, -0.25) is 10.8 Å². The van der Waals surface area contributed by atoms with Crippen LogP contribution in [-0.2, 0) is 0 Å². The molecular weight excluding hydrogens is 196 g/mol. The van der Waals surface area contributed by atoms with E-state index in [2.05, 4.69) is 0 Å². The van der Waals surface area contributed by atoms with Crippen molar-refractivity contribution >= 4 is 21.8 Å². The van der Waals surface area contributed by atoms with E-state index >= 15 is 0 Å². The number of methoxy groups -OCH3 is 1. The summed E-state index contributed by atoms with van der Waals surface area (Å²) in [6.07, 6.45) is 0. The van der Waals surface area contributed by atoms with E-state index in [9.17, 15) is 0 Å². The molecule has 4 heteroatoms. The standard InChI is InChI=1S/C10H12N2OS/c1-7(11)14-10(12)8-5-3-4-6-9(8)13-2/h3-6,11-12H,1-2H3. The predicted octanol–water partition coefficient (Wildman–Crippen LogP) is 2.75. The number of ether oxygens (including phenoxy) is 1. The molecule has 0 saturated heterocycles. The SMILES string of the molecule is COc1ccccc1C(=N)SC(C)=N. The van der Waals surface area contributed by atoms with Crippen molar-refractivity contribution in [2.75, 3.05) is 7.11 Å². The summed E-state index contributed by atoms with van der Waals surface area (Å²) < 4.78 is 5.12. The fourth-order valence-corrected chi connectivity index (χ4v) is 1.63. The lowest BCUT2D eigenvalue weighted by atomic mass is 10.2. The summed E-state index contributed by atoms with van der Waals surface area (Å²) in [5.41, 5.74) is 0.728. The van der Waals surface area contributed by atoms with Crippen molar-refractivity contribution in [3.05, 3.63) is 29.8 Å². The van der Waals surface area contributed by atoms with Gasteiger partial charge < -0.3 is 4.74 Å². The molecule has 0 atom stereocenters. The van der Waals surface area contributed by atoms with Crippen molar-refractivity contribution in [3.63, 3.8) is 0 Å². The third kappa shape index (κ3) is 2.60. The Bertz CT molecular complexity index is 363. The Morgan fingerprint density at radius 3 is 2.50 bits per heavy atom. The number of thioether (sulfide) groups is 1. The number of nitrogens with one attached hydrogen (secondary N) is 2. The van der Waals surface area contributed by atoms with Gasteiger partial charge in [0.2, 0.25) is 0 Å². The average molecular weight is 208 g/mol. The molecule has 0 aliphatic carbocycles. The molecule has 0 heterocycles. The van der Waals surface area contributed by atoms with E-state index in [1.807, 2.05) is 24.3 Å². The zero-order chi connectivity index (χ0) is 10.6.